The Balaban J connectivity index is 0. The van der Waals surface area contributed by atoms with Crippen molar-refractivity contribution in [2.75, 3.05) is 0 Å². The van der Waals surface area contributed by atoms with Crippen LogP contribution in [0, 0.1) is 0 Å². The van der Waals surface area contributed by atoms with Crippen molar-refractivity contribution >= 4 is 0 Å². The Morgan fingerprint density at radius 1 is 0.400 bits per heavy atom. The fourth-order valence-corrected chi connectivity index (χ4v) is 0. The van der Waals surface area contributed by atoms with Crippen LogP contribution in [0.4, 0.5) is 0 Å². The second-order valence-corrected chi connectivity index (χ2v) is 0. The van der Waals surface area contributed by atoms with Gasteiger partial charge in [0.25, 0.3) is 0 Å². The van der Waals surface area contributed by atoms with Crippen molar-refractivity contribution in [2.24, 2.45) is 0 Å². The van der Waals surface area contributed by atoms with Crippen LogP contribution in [0.1, 0.15) is 0 Å². The topological polar surface area (TPSA) is 120 Å². The van der Waals surface area contributed by atoms with E-state index in [0.29, 0.717) is 0 Å². The minimum Gasteiger partial charge on any atom is -0.870 e. The predicted molar refractivity (Wildman–Crippen MR) is 7.74 cm³/mol. The van der Waals surface area contributed by atoms with E-state index < -0.39 is 0 Å². The minimum atomic E-state index is 0. The van der Waals surface area contributed by atoms with Crippen LogP contribution in [0.3, 0.4) is 0 Å². The van der Waals surface area contributed by atoms with Gasteiger partial charge < -0.3 is 21.9 Å². The van der Waals surface area contributed by atoms with Crippen LogP contribution in [0.5, 0.6) is 0 Å². The summed E-state index contributed by atoms with van der Waals surface area (Å²) < 4.78 is 0. The van der Waals surface area contributed by atoms with Gasteiger partial charge >= 0.3 is 0 Å². The molecule has 0 heterocycles. The van der Waals surface area contributed by atoms with Crippen molar-refractivity contribution < 1.29 is 40.5 Å². The summed E-state index contributed by atoms with van der Waals surface area (Å²) in [5, 5.41) is 0. The van der Waals surface area contributed by atoms with E-state index in [1.165, 1.54) is 0 Å². The summed E-state index contributed by atoms with van der Waals surface area (Å²) in [7, 11) is 0. The van der Waals surface area contributed by atoms with E-state index in [-0.39, 0.29) is 40.5 Å². The molecule has 0 aliphatic rings. The Morgan fingerprint density at radius 3 is 0.400 bits per heavy atom. The largest absolute Gasteiger partial charge is 0.870 e. The second-order valence-electron chi connectivity index (χ2n) is 0. The smallest absolute Gasteiger partial charge is 0 e. The fourth-order valence-electron chi connectivity index (χ4n) is 0. The van der Waals surface area contributed by atoms with Crippen LogP contribution >= 0.6 is 0 Å². The van der Waals surface area contributed by atoms with Gasteiger partial charge in [0.15, 0.2) is 0 Å². The fraction of sp³-hybridized carbons (Fsp3) is 0. The standard InChI is InChI=1S/4H2O.V/h4*1H2;/p-4. The third-order valence-corrected chi connectivity index (χ3v) is 0. The van der Waals surface area contributed by atoms with E-state index in [1.807, 2.05) is 0 Å². The number of hydrogen-bond acceptors (Lipinski definition) is 4. The number of hydrogen-bond donors (Lipinski definition) is 0. The maximum absolute atomic E-state index is 0. The van der Waals surface area contributed by atoms with Gasteiger partial charge in [0, 0.05) is 18.6 Å². The zero-order chi connectivity index (χ0) is 0. The third kappa shape index (κ3) is 144. The number of rotatable bonds is 0. The Bertz CT molecular complexity index is 3.61. The molecule has 0 amide bonds. The van der Waals surface area contributed by atoms with E-state index in [4.69, 9.17) is 0 Å². The Kier molecular flexibility index (Phi) is 34000. The molecule has 0 aliphatic carbocycles. The van der Waals surface area contributed by atoms with E-state index in [0.717, 1.165) is 0 Å². The van der Waals surface area contributed by atoms with Gasteiger partial charge in [0.2, 0.25) is 0 Å². The Labute approximate surface area is 41.3 Å². The minimum absolute atomic E-state index is 0. The van der Waals surface area contributed by atoms with Gasteiger partial charge in [-0.1, -0.05) is 0 Å². The normalized spacial score (nSPS) is 0. The molecule has 4 nitrogen and oxygen atoms in total. The van der Waals surface area contributed by atoms with Crippen molar-refractivity contribution in [1.82, 2.24) is 0 Å². The van der Waals surface area contributed by atoms with Gasteiger partial charge in [0.05, 0.1) is 0 Å². The molecule has 37 valence electrons. The quantitative estimate of drug-likeness (QED) is 0.418. The van der Waals surface area contributed by atoms with Crippen LogP contribution in [-0.2, 0) is 18.6 Å². The van der Waals surface area contributed by atoms with Crippen molar-refractivity contribution in [2.45, 2.75) is 0 Å². The molecule has 0 aromatic carbocycles. The maximum atomic E-state index is 0. The molecule has 4 N–H and O–H groups in total. The van der Waals surface area contributed by atoms with E-state index in [1.54, 1.807) is 0 Å². The SMILES string of the molecule is [OH-].[OH-].[OH-].[OH-].[V]. The van der Waals surface area contributed by atoms with E-state index in [9.17, 15) is 0 Å². The van der Waals surface area contributed by atoms with E-state index in [2.05, 4.69) is 0 Å². The molecule has 1 radical (unpaired) electrons. The van der Waals surface area contributed by atoms with Crippen LogP contribution in [0.25, 0.3) is 0 Å². The summed E-state index contributed by atoms with van der Waals surface area (Å²) >= 11 is 0. The summed E-state index contributed by atoms with van der Waals surface area (Å²) in [6, 6.07) is 0. The van der Waals surface area contributed by atoms with Gasteiger partial charge in [0.1, 0.15) is 0 Å². The third-order valence-electron chi connectivity index (χ3n) is 0. The van der Waals surface area contributed by atoms with Crippen LogP contribution in [0.15, 0.2) is 0 Å². The molecule has 0 aromatic heterocycles. The molecule has 0 aliphatic heterocycles. The van der Waals surface area contributed by atoms with Gasteiger partial charge in [-0.05, 0) is 0 Å². The molecule has 0 spiro atoms. The molecule has 0 rings (SSSR count). The summed E-state index contributed by atoms with van der Waals surface area (Å²) in [5.41, 5.74) is 0. The van der Waals surface area contributed by atoms with Gasteiger partial charge in [-0.2, -0.15) is 0 Å². The first-order chi connectivity index (χ1) is 0. The molecule has 0 aromatic rings. The molecular formula is H4O4V-4. The molecule has 0 fully saturated rings. The molecule has 5 heavy (non-hydrogen) atoms. The first kappa shape index (κ1) is 589. The second kappa shape index (κ2) is 288. The van der Waals surface area contributed by atoms with Crippen LogP contribution in [-0.4, -0.2) is 21.9 Å². The molecule has 5 heteroatoms. The monoisotopic (exact) mass is 119 g/mol. The summed E-state index contributed by atoms with van der Waals surface area (Å²) in [6.07, 6.45) is 0. The van der Waals surface area contributed by atoms with Gasteiger partial charge in [-0.3, -0.25) is 0 Å². The zero-order valence-corrected chi connectivity index (χ0v) is 3.63. The van der Waals surface area contributed by atoms with Crippen molar-refractivity contribution in [3.05, 3.63) is 0 Å². The van der Waals surface area contributed by atoms with Gasteiger partial charge in [-0.15, -0.1) is 0 Å². The van der Waals surface area contributed by atoms with Crippen LogP contribution in [0.2, 0.25) is 0 Å². The summed E-state index contributed by atoms with van der Waals surface area (Å²) in [6.45, 7) is 0. The molecule has 0 unspecified atom stereocenters. The van der Waals surface area contributed by atoms with Crippen molar-refractivity contribution in [3.63, 3.8) is 0 Å². The van der Waals surface area contributed by atoms with Crippen molar-refractivity contribution in [1.29, 1.82) is 0 Å². The molecule has 0 atom stereocenters. The van der Waals surface area contributed by atoms with Crippen LogP contribution < -0.4 is 0 Å². The molecular weight excluding hydrogens is 115 g/mol. The molecule has 0 saturated heterocycles. The first-order valence-electron chi connectivity index (χ1n) is 0. The Morgan fingerprint density at radius 2 is 0.400 bits per heavy atom. The molecule has 0 saturated carbocycles. The predicted octanol–water partition coefficient (Wildman–Crippen LogP) is -0.710. The van der Waals surface area contributed by atoms with Gasteiger partial charge in [-0.25, -0.2) is 0 Å². The Hall–Kier alpha value is 0.424. The summed E-state index contributed by atoms with van der Waals surface area (Å²) in [5.74, 6) is 0. The maximum Gasteiger partial charge on any atom is 0 e. The zero-order valence-electron chi connectivity index (χ0n) is 2.24. The molecule has 0 bridgehead atoms. The average molecular weight is 119 g/mol. The van der Waals surface area contributed by atoms with Crippen molar-refractivity contribution in [3.8, 4) is 0 Å². The van der Waals surface area contributed by atoms with E-state index >= 15 is 0 Å². The average Bonchev–Trinajstić information content (AvgIpc) is 0. The first-order valence-corrected chi connectivity index (χ1v) is 0. The summed E-state index contributed by atoms with van der Waals surface area (Å²) in [4.78, 5) is 0.